The highest BCUT2D eigenvalue weighted by atomic mass is 19.1. The number of hydrogen-bond acceptors (Lipinski definition) is 6. The largest absolute Gasteiger partial charge is 0.508 e. The molecule has 188 valence electrons. The van der Waals surface area contributed by atoms with Crippen molar-refractivity contribution in [3.63, 3.8) is 0 Å². The zero-order valence-electron chi connectivity index (χ0n) is 20.2. The maximum Gasteiger partial charge on any atom is 0.241 e. The molecule has 1 fully saturated rings. The van der Waals surface area contributed by atoms with E-state index in [0.717, 1.165) is 27.8 Å². The minimum absolute atomic E-state index is 0.141. The van der Waals surface area contributed by atoms with Gasteiger partial charge in [0.05, 0.1) is 6.10 Å². The first-order chi connectivity index (χ1) is 17.3. The van der Waals surface area contributed by atoms with Crippen LogP contribution in [0.25, 0.3) is 11.1 Å². The molecule has 1 saturated heterocycles. The van der Waals surface area contributed by atoms with Crippen molar-refractivity contribution in [2.45, 2.75) is 32.4 Å². The summed E-state index contributed by atoms with van der Waals surface area (Å²) in [7, 11) is 0. The van der Waals surface area contributed by atoms with Crippen molar-refractivity contribution in [3.8, 4) is 23.0 Å². The number of aliphatic hydroxyl groups is 1. The van der Waals surface area contributed by atoms with Crippen LogP contribution >= 0.6 is 0 Å². The number of benzene rings is 3. The molecule has 3 aromatic rings. The molecule has 5 rings (SSSR count). The molecule has 5 atom stereocenters. The summed E-state index contributed by atoms with van der Waals surface area (Å²) in [5.74, 6) is 0.644. The number of nitrogens with one attached hydrogen (secondary N) is 1. The van der Waals surface area contributed by atoms with Gasteiger partial charge in [-0.15, -0.1) is 0 Å². The van der Waals surface area contributed by atoms with Gasteiger partial charge in [-0.2, -0.15) is 0 Å². The molecule has 0 spiro atoms. The summed E-state index contributed by atoms with van der Waals surface area (Å²) in [5.41, 5.74) is 4.19. The first-order valence-electron chi connectivity index (χ1n) is 12.1. The molecule has 3 aromatic carbocycles. The molecule has 0 aliphatic carbocycles. The minimum Gasteiger partial charge on any atom is -0.508 e. The molecule has 0 amide bonds. The Morgan fingerprint density at radius 3 is 2.44 bits per heavy atom. The number of phenolic OH excluding ortho intramolecular Hbond substituents is 2. The molecule has 36 heavy (non-hydrogen) atoms. The Kier molecular flexibility index (Phi) is 6.60. The van der Waals surface area contributed by atoms with E-state index < -0.39 is 24.5 Å². The van der Waals surface area contributed by atoms with Crippen molar-refractivity contribution in [1.29, 1.82) is 0 Å². The van der Waals surface area contributed by atoms with Crippen LogP contribution < -0.4 is 14.8 Å². The van der Waals surface area contributed by atoms with Crippen molar-refractivity contribution >= 4 is 11.1 Å². The molecular weight excluding hydrogens is 461 g/mol. The van der Waals surface area contributed by atoms with Gasteiger partial charge < -0.3 is 30.1 Å². The zero-order valence-corrected chi connectivity index (χ0v) is 20.2. The van der Waals surface area contributed by atoms with E-state index in [1.807, 2.05) is 25.1 Å². The van der Waals surface area contributed by atoms with E-state index in [0.29, 0.717) is 24.6 Å². The first-order valence-corrected chi connectivity index (χ1v) is 12.1. The van der Waals surface area contributed by atoms with Gasteiger partial charge in [0.25, 0.3) is 0 Å². The van der Waals surface area contributed by atoms with Crippen LogP contribution in [-0.2, 0) is 0 Å². The lowest BCUT2D eigenvalue weighted by Crippen LogP contribution is -2.33. The summed E-state index contributed by atoms with van der Waals surface area (Å²) in [6.45, 7) is 4.74. The van der Waals surface area contributed by atoms with Crippen LogP contribution in [0.4, 0.5) is 4.39 Å². The van der Waals surface area contributed by atoms with Crippen LogP contribution in [0.5, 0.6) is 23.0 Å². The monoisotopic (exact) mass is 491 g/mol. The van der Waals surface area contributed by atoms with Crippen molar-refractivity contribution in [3.05, 3.63) is 83.4 Å². The van der Waals surface area contributed by atoms with Crippen molar-refractivity contribution < 1.29 is 29.2 Å². The van der Waals surface area contributed by atoms with Crippen molar-refractivity contribution in [2.75, 3.05) is 13.1 Å². The van der Waals surface area contributed by atoms with Crippen LogP contribution in [0.3, 0.4) is 0 Å². The fourth-order valence-corrected chi connectivity index (χ4v) is 5.09. The second kappa shape index (κ2) is 9.84. The number of ether oxygens (including phenoxy) is 2. The van der Waals surface area contributed by atoms with Crippen LogP contribution in [0.1, 0.15) is 36.6 Å². The summed E-state index contributed by atoms with van der Waals surface area (Å²) in [6.07, 6.45) is -2.62. The lowest BCUT2D eigenvalue weighted by Gasteiger charge is -2.31. The van der Waals surface area contributed by atoms with E-state index in [2.05, 4.69) is 5.32 Å². The molecule has 0 bridgehead atoms. The number of fused-ring (bicyclic) bond motifs is 1. The van der Waals surface area contributed by atoms with E-state index >= 15 is 0 Å². The number of aliphatic hydroxyl groups excluding tert-OH is 1. The second-order valence-corrected chi connectivity index (χ2v) is 9.55. The van der Waals surface area contributed by atoms with Gasteiger partial charge in [-0.1, -0.05) is 31.2 Å². The van der Waals surface area contributed by atoms with Crippen LogP contribution in [0.2, 0.25) is 0 Å². The number of alkyl halides is 1. The standard InChI is InChI=1S/C29H30FNO5/c1-16-23-13-21(33)8-11-26(23)36-28(27(16)19-4-3-5-20(32)12-19)18-6-9-22(10-7-18)35-29(30)17(2)24-14-31-15-25(24)34/h3-13,17,24-25,28-29,31-34H,14-15H2,1-2H3/t17-,24+,25+,28?,29?/m0/s1. The molecule has 2 heterocycles. The SMILES string of the molecule is CC1=C(c2cccc(O)c2)C(c2ccc(OC(F)[C@@H](C)[C@H]3CNC[C@H]3O)cc2)Oc2ccc(O)cc21. The van der Waals surface area contributed by atoms with Gasteiger partial charge in [-0.25, -0.2) is 4.39 Å². The molecule has 7 heteroatoms. The third-order valence-corrected chi connectivity index (χ3v) is 7.18. The molecule has 6 nitrogen and oxygen atoms in total. The predicted molar refractivity (Wildman–Crippen MR) is 136 cm³/mol. The summed E-state index contributed by atoms with van der Waals surface area (Å²) in [4.78, 5) is 0. The second-order valence-electron chi connectivity index (χ2n) is 9.55. The Morgan fingerprint density at radius 2 is 1.75 bits per heavy atom. The summed E-state index contributed by atoms with van der Waals surface area (Å²) in [6, 6.07) is 19.1. The highest BCUT2D eigenvalue weighted by molar-refractivity contribution is 5.95. The quantitative estimate of drug-likeness (QED) is 0.386. The van der Waals surface area contributed by atoms with Gasteiger partial charge in [0.1, 0.15) is 29.1 Å². The molecule has 4 N–H and O–H groups in total. The minimum atomic E-state index is -1.55. The highest BCUT2D eigenvalue weighted by Gasteiger charge is 2.35. The molecule has 2 aliphatic rings. The lowest BCUT2D eigenvalue weighted by atomic mass is 9.86. The normalized spacial score (nSPS) is 23.1. The van der Waals surface area contributed by atoms with E-state index in [-0.39, 0.29) is 17.4 Å². The summed E-state index contributed by atoms with van der Waals surface area (Å²) < 4.78 is 26.9. The molecule has 0 aromatic heterocycles. The van der Waals surface area contributed by atoms with Gasteiger partial charge in [-0.05, 0) is 66.1 Å². The maximum atomic E-state index is 14.9. The highest BCUT2D eigenvalue weighted by Crippen LogP contribution is 2.47. The van der Waals surface area contributed by atoms with E-state index in [1.54, 1.807) is 55.5 Å². The molecule has 2 unspecified atom stereocenters. The van der Waals surface area contributed by atoms with Gasteiger partial charge in [0.2, 0.25) is 6.36 Å². The van der Waals surface area contributed by atoms with Gasteiger partial charge in [0.15, 0.2) is 0 Å². The maximum absolute atomic E-state index is 14.9. The average molecular weight is 492 g/mol. The molecule has 0 saturated carbocycles. The molecule has 0 radical (unpaired) electrons. The Balaban J connectivity index is 1.43. The topological polar surface area (TPSA) is 91.2 Å². The average Bonchev–Trinajstić information content (AvgIpc) is 3.30. The van der Waals surface area contributed by atoms with Gasteiger partial charge in [-0.3, -0.25) is 0 Å². The smallest absolute Gasteiger partial charge is 0.241 e. The van der Waals surface area contributed by atoms with Crippen molar-refractivity contribution in [1.82, 2.24) is 5.32 Å². The molecule has 2 aliphatic heterocycles. The van der Waals surface area contributed by atoms with E-state index in [4.69, 9.17) is 9.47 Å². The number of halogens is 1. The lowest BCUT2D eigenvalue weighted by molar-refractivity contribution is -0.0239. The van der Waals surface area contributed by atoms with E-state index in [9.17, 15) is 19.7 Å². The number of β-amino-alcohol motifs (C(OH)–C–C–N with tert-alkyl or cyclic N) is 1. The van der Waals surface area contributed by atoms with Gasteiger partial charge >= 0.3 is 0 Å². The van der Waals surface area contributed by atoms with Crippen LogP contribution in [0.15, 0.2) is 66.7 Å². The zero-order chi connectivity index (χ0) is 25.4. The number of phenols is 2. The fraction of sp³-hybridized carbons (Fsp3) is 0.310. The fourth-order valence-electron chi connectivity index (χ4n) is 5.09. The summed E-state index contributed by atoms with van der Waals surface area (Å²) >= 11 is 0. The Bertz CT molecular complexity index is 1270. The van der Waals surface area contributed by atoms with E-state index in [1.165, 1.54) is 0 Å². The predicted octanol–water partition coefficient (Wildman–Crippen LogP) is 5.05. The number of rotatable bonds is 6. The van der Waals surface area contributed by atoms with Crippen LogP contribution in [-0.4, -0.2) is 40.9 Å². The number of allylic oxidation sites excluding steroid dienone is 1. The van der Waals surface area contributed by atoms with Crippen LogP contribution in [0, 0.1) is 11.8 Å². The third kappa shape index (κ3) is 4.64. The Morgan fingerprint density at radius 1 is 1.00 bits per heavy atom. The number of aromatic hydroxyl groups is 2. The Hall–Kier alpha value is -3.55. The third-order valence-electron chi connectivity index (χ3n) is 7.18. The first kappa shape index (κ1) is 24.2. The van der Waals surface area contributed by atoms with Crippen molar-refractivity contribution in [2.24, 2.45) is 11.8 Å². The Labute approximate surface area is 209 Å². The number of hydrogen-bond donors (Lipinski definition) is 4. The van der Waals surface area contributed by atoms with Gasteiger partial charge in [0, 0.05) is 36.1 Å². The summed E-state index contributed by atoms with van der Waals surface area (Å²) in [5, 5.41) is 33.3. The molecular formula is C29H30FNO5.